The Morgan fingerprint density at radius 3 is 1.80 bits per heavy atom. The molecule has 0 aromatic carbocycles. The molecule has 0 saturated carbocycles. The highest BCUT2D eigenvalue weighted by molar-refractivity contribution is 4.79. The monoisotopic (exact) mass is 358 g/mol. The third-order valence-electron chi connectivity index (χ3n) is 4.18. The summed E-state index contributed by atoms with van der Waals surface area (Å²) in [6.07, 6.45) is 10.1. The molecular formula is C22H46O3. The molecular weight excluding hydrogens is 312 g/mol. The predicted molar refractivity (Wildman–Crippen MR) is 110 cm³/mol. The van der Waals surface area contributed by atoms with Crippen LogP contribution < -0.4 is 0 Å². The van der Waals surface area contributed by atoms with Crippen LogP contribution in [0.1, 0.15) is 92.9 Å². The summed E-state index contributed by atoms with van der Waals surface area (Å²) in [4.78, 5) is 0. The highest BCUT2D eigenvalue weighted by Gasteiger charge is 2.34. The van der Waals surface area contributed by atoms with E-state index >= 15 is 0 Å². The number of hydrogen-bond acceptors (Lipinski definition) is 3. The Bertz CT molecular complexity index is 279. The quantitative estimate of drug-likeness (QED) is 0.184. The fraction of sp³-hybridized carbons (Fsp3) is 0.909. The Morgan fingerprint density at radius 1 is 0.880 bits per heavy atom. The van der Waals surface area contributed by atoms with E-state index in [0.29, 0.717) is 19.1 Å². The van der Waals surface area contributed by atoms with Crippen LogP contribution in [0.4, 0.5) is 0 Å². The maximum Gasteiger partial charge on any atom is 0.168 e. The molecule has 0 fully saturated rings. The summed E-state index contributed by atoms with van der Waals surface area (Å²) in [6.45, 7) is 18.1. The number of hydrogen-bond donors (Lipinski definition) is 0. The molecule has 0 amide bonds. The third-order valence-corrected chi connectivity index (χ3v) is 4.18. The van der Waals surface area contributed by atoms with Crippen LogP contribution in [-0.4, -0.2) is 32.7 Å². The molecule has 0 aromatic rings. The topological polar surface area (TPSA) is 27.7 Å². The van der Waals surface area contributed by atoms with Crippen LogP contribution in [0.3, 0.4) is 0 Å². The molecule has 3 nitrogen and oxygen atoms in total. The van der Waals surface area contributed by atoms with Crippen molar-refractivity contribution < 1.29 is 14.2 Å². The fourth-order valence-corrected chi connectivity index (χ4v) is 2.95. The van der Waals surface area contributed by atoms with Crippen molar-refractivity contribution in [2.24, 2.45) is 5.92 Å². The van der Waals surface area contributed by atoms with Crippen molar-refractivity contribution in [2.75, 3.05) is 26.9 Å². The van der Waals surface area contributed by atoms with E-state index in [0.717, 1.165) is 19.4 Å². The first-order valence-corrected chi connectivity index (χ1v) is 10.3. The van der Waals surface area contributed by atoms with Gasteiger partial charge in [-0.1, -0.05) is 51.0 Å². The molecule has 152 valence electrons. The molecule has 3 heteroatoms. The summed E-state index contributed by atoms with van der Waals surface area (Å²) in [5.74, 6) is -0.0608. The van der Waals surface area contributed by atoms with Crippen molar-refractivity contribution in [1.82, 2.24) is 0 Å². The molecule has 0 radical (unpaired) electrons. The zero-order valence-corrected chi connectivity index (χ0v) is 18.3. The lowest BCUT2D eigenvalue weighted by Gasteiger charge is -2.37. The maximum absolute atomic E-state index is 5.95. The van der Waals surface area contributed by atoms with Crippen molar-refractivity contribution >= 4 is 0 Å². The average Bonchev–Trinajstić information content (AvgIpc) is 2.53. The number of ether oxygens (including phenoxy) is 3. The molecule has 1 unspecified atom stereocenters. The Kier molecular flexibility index (Phi) is 19.8. The number of methoxy groups -OCH3 is 1. The molecule has 0 heterocycles. The zero-order valence-electron chi connectivity index (χ0n) is 18.3. The molecule has 0 aliphatic heterocycles. The molecule has 0 rings (SSSR count). The summed E-state index contributed by atoms with van der Waals surface area (Å²) in [7, 11) is 1.76. The summed E-state index contributed by atoms with van der Waals surface area (Å²) < 4.78 is 17.2. The van der Waals surface area contributed by atoms with Gasteiger partial charge in [0.05, 0.1) is 0 Å². The van der Waals surface area contributed by atoms with E-state index in [4.69, 9.17) is 14.2 Å². The van der Waals surface area contributed by atoms with Crippen LogP contribution in [0.25, 0.3) is 0 Å². The van der Waals surface area contributed by atoms with Crippen LogP contribution in [-0.2, 0) is 14.2 Å². The van der Waals surface area contributed by atoms with E-state index in [-0.39, 0.29) is 0 Å². The largest absolute Gasteiger partial charge is 0.385 e. The van der Waals surface area contributed by atoms with Gasteiger partial charge in [0.1, 0.15) is 0 Å². The lowest BCUT2D eigenvalue weighted by atomic mass is 9.90. The Hall–Kier alpha value is -0.380. The van der Waals surface area contributed by atoms with Crippen LogP contribution >= 0.6 is 0 Å². The minimum atomic E-state index is -0.467. The van der Waals surface area contributed by atoms with Gasteiger partial charge in [-0.05, 0) is 47.5 Å². The molecule has 25 heavy (non-hydrogen) atoms. The Morgan fingerprint density at radius 2 is 1.36 bits per heavy atom. The molecule has 0 aromatic heterocycles. The summed E-state index contributed by atoms with van der Waals surface area (Å²) >= 11 is 0. The molecule has 0 bridgehead atoms. The van der Waals surface area contributed by atoms with E-state index < -0.39 is 5.79 Å². The van der Waals surface area contributed by atoms with Gasteiger partial charge in [0.15, 0.2) is 5.79 Å². The molecule has 0 N–H and O–H groups in total. The van der Waals surface area contributed by atoms with Crippen molar-refractivity contribution in [3.05, 3.63) is 12.2 Å². The minimum Gasteiger partial charge on any atom is -0.385 e. The summed E-state index contributed by atoms with van der Waals surface area (Å²) in [6, 6.07) is 0. The number of unbranched alkanes of at least 4 members (excludes halogenated alkanes) is 5. The standard InChI is InChI=1S/C18H38O3.C4H8/c1-6-9-10-11-12-13-14-17(15-16-19-5)18(4,20-7-2)21-8-3;1-4(2)3/h17H,6-16H2,1-5H3;1H2,2-3H3. The number of allylic oxidation sites excluding steroid dienone is 1. The third kappa shape index (κ3) is 16.8. The van der Waals surface area contributed by atoms with Gasteiger partial charge in [-0.2, -0.15) is 0 Å². The van der Waals surface area contributed by atoms with E-state index in [2.05, 4.69) is 20.4 Å². The van der Waals surface area contributed by atoms with Crippen molar-refractivity contribution in [3.8, 4) is 0 Å². The van der Waals surface area contributed by atoms with Crippen LogP contribution in [0.5, 0.6) is 0 Å². The van der Waals surface area contributed by atoms with Gasteiger partial charge in [0.2, 0.25) is 0 Å². The van der Waals surface area contributed by atoms with Gasteiger partial charge >= 0.3 is 0 Å². The van der Waals surface area contributed by atoms with Gasteiger partial charge in [0, 0.05) is 32.8 Å². The van der Waals surface area contributed by atoms with E-state index in [1.165, 1.54) is 44.1 Å². The Labute approximate surface area is 158 Å². The van der Waals surface area contributed by atoms with Crippen molar-refractivity contribution in [3.63, 3.8) is 0 Å². The molecule has 0 saturated heterocycles. The lowest BCUT2D eigenvalue weighted by molar-refractivity contribution is -0.255. The predicted octanol–water partition coefficient (Wildman–Crippen LogP) is 6.76. The first-order valence-electron chi connectivity index (χ1n) is 10.3. The zero-order chi connectivity index (χ0) is 19.6. The van der Waals surface area contributed by atoms with Crippen molar-refractivity contribution in [2.45, 2.75) is 98.7 Å². The summed E-state index contributed by atoms with van der Waals surface area (Å²) in [5, 5.41) is 0. The SMILES string of the molecule is C=C(C)C.CCCCCCCCC(CCOC)C(C)(OCC)OCC. The smallest absolute Gasteiger partial charge is 0.168 e. The molecule has 0 spiro atoms. The van der Waals surface area contributed by atoms with Crippen LogP contribution in [0, 0.1) is 5.92 Å². The average molecular weight is 359 g/mol. The summed E-state index contributed by atoms with van der Waals surface area (Å²) in [5.41, 5.74) is 1.17. The highest BCUT2D eigenvalue weighted by Crippen LogP contribution is 2.31. The molecule has 0 aliphatic rings. The molecule has 0 aliphatic carbocycles. The van der Waals surface area contributed by atoms with Gasteiger partial charge in [-0.25, -0.2) is 0 Å². The van der Waals surface area contributed by atoms with E-state index in [1.54, 1.807) is 7.11 Å². The maximum atomic E-state index is 5.95. The lowest BCUT2D eigenvalue weighted by Crippen LogP contribution is -2.41. The first kappa shape index (κ1) is 26.8. The van der Waals surface area contributed by atoms with Crippen LogP contribution in [0.15, 0.2) is 12.2 Å². The van der Waals surface area contributed by atoms with E-state index in [9.17, 15) is 0 Å². The van der Waals surface area contributed by atoms with Crippen LogP contribution in [0.2, 0.25) is 0 Å². The van der Waals surface area contributed by atoms with Gasteiger partial charge in [0.25, 0.3) is 0 Å². The molecule has 1 atom stereocenters. The second-order valence-electron chi connectivity index (χ2n) is 7.12. The van der Waals surface area contributed by atoms with Crippen molar-refractivity contribution in [1.29, 1.82) is 0 Å². The van der Waals surface area contributed by atoms with Gasteiger partial charge in [-0.3, -0.25) is 0 Å². The van der Waals surface area contributed by atoms with Gasteiger partial charge in [-0.15, -0.1) is 6.58 Å². The van der Waals surface area contributed by atoms with E-state index in [1.807, 2.05) is 27.7 Å². The number of rotatable bonds is 15. The fourth-order valence-electron chi connectivity index (χ4n) is 2.95. The minimum absolute atomic E-state index is 0.406. The van der Waals surface area contributed by atoms with Gasteiger partial charge < -0.3 is 14.2 Å². The Balaban J connectivity index is 0. The normalized spacial score (nSPS) is 12.4. The second-order valence-corrected chi connectivity index (χ2v) is 7.12. The second kappa shape index (κ2) is 18.4. The highest BCUT2D eigenvalue weighted by atomic mass is 16.7. The first-order chi connectivity index (χ1) is 11.9.